The molecule has 1 heterocycles. The van der Waals surface area contributed by atoms with Gasteiger partial charge < -0.3 is 15.2 Å². The van der Waals surface area contributed by atoms with Gasteiger partial charge in [0.05, 0.1) is 22.5 Å². The third-order valence-electron chi connectivity index (χ3n) is 4.38. The van der Waals surface area contributed by atoms with Crippen LogP contribution >= 0.6 is 35.0 Å². The fourth-order valence-electron chi connectivity index (χ4n) is 2.85. The molecule has 0 radical (unpaired) electrons. The molecule has 3 aromatic rings. The highest BCUT2D eigenvalue weighted by atomic mass is 35.5. The van der Waals surface area contributed by atoms with Crippen LogP contribution in [0.1, 0.15) is 29.1 Å². The number of para-hydroxylation sites is 1. The first-order chi connectivity index (χ1) is 15.4. The number of halogens is 2. The second kappa shape index (κ2) is 11.2. The van der Waals surface area contributed by atoms with Gasteiger partial charge in [-0.15, -0.1) is 16.8 Å². The molecule has 0 unspecified atom stereocenters. The van der Waals surface area contributed by atoms with E-state index in [0.29, 0.717) is 38.8 Å². The first-order valence-electron chi connectivity index (χ1n) is 9.66. The molecule has 2 amide bonds. The molecule has 0 bridgehead atoms. The Morgan fingerprint density at radius 2 is 1.88 bits per heavy atom. The van der Waals surface area contributed by atoms with E-state index in [-0.39, 0.29) is 17.6 Å². The number of nitrogens with zero attached hydrogens (tertiary/aromatic N) is 3. The number of amides is 2. The van der Waals surface area contributed by atoms with Gasteiger partial charge in [-0.2, -0.15) is 0 Å². The fourth-order valence-corrected chi connectivity index (χ4v) is 3.92. The van der Waals surface area contributed by atoms with Crippen molar-refractivity contribution in [2.75, 3.05) is 11.1 Å². The third-order valence-corrected chi connectivity index (χ3v) is 5.93. The molecule has 166 valence electrons. The van der Waals surface area contributed by atoms with E-state index >= 15 is 0 Å². The summed E-state index contributed by atoms with van der Waals surface area (Å²) in [7, 11) is 0. The lowest BCUT2D eigenvalue weighted by Crippen LogP contribution is -2.28. The minimum atomic E-state index is -0.420. The molecule has 7 nitrogen and oxygen atoms in total. The van der Waals surface area contributed by atoms with Crippen molar-refractivity contribution in [1.29, 1.82) is 0 Å². The van der Waals surface area contributed by atoms with Gasteiger partial charge in [0.2, 0.25) is 5.91 Å². The number of nitrogens with one attached hydrogen (secondary N) is 2. The summed E-state index contributed by atoms with van der Waals surface area (Å²) in [5, 5.41) is 15.7. The van der Waals surface area contributed by atoms with Gasteiger partial charge in [0, 0.05) is 17.1 Å². The summed E-state index contributed by atoms with van der Waals surface area (Å²) in [6, 6.07) is 13.2. The van der Waals surface area contributed by atoms with Crippen molar-refractivity contribution in [3.05, 3.63) is 82.6 Å². The van der Waals surface area contributed by atoms with E-state index in [0.717, 1.165) is 0 Å². The largest absolute Gasteiger partial charge is 0.342 e. The molecule has 0 saturated heterocycles. The number of hydrogen-bond donors (Lipinski definition) is 2. The van der Waals surface area contributed by atoms with Crippen LogP contribution in [0.15, 0.2) is 66.3 Å². The Morgan fingerprint density at radius 3 is 2.56 bits per heavy atom. The Balaban J connectivity index is 1.66. The smallest absolute Gasteiger partial charge is 0.251 e. The van der Waals surface area contributed by atoms with Gasteiger partial charge in [-0.05, 0) is 43.3 Å². The van der Waals surface area contributed by atoms with Crippen molar-refractivity contribution >= 4 is 52.5 Å². The van der Waals surface area contributed by atoms with Gasteiger partial charge >= 0.3 is 0 Å². The van der Waals surface area contributed by atoms with Gasteiger partial charge in [0.25, 0.3) is 5.91 Å². The molecule has 32 heavy (non-hydrogen) atoms. The summed E-state index contributed by atoms with van der Waals surface area (Å²) in [6.07, 6.45) is 1.70. The quantitative estimate of drug-likeness (QED) is 0.326. The van der Waals surface area contributed by atoms with Crippen LogP contribution in [0.25, 0.3) is 0 Å². The highest BCUT2D eigenvalue weighted by molar-refractivity contribution is 7.99. The maximum atomic E-state index is 12.5. The second-order valence-corrected chi connectivity index (χ2v) is 8.54. The first-order valence-corrected chi connectivity index (χ1v) is 11.4. The van der Waals surface area contributed by atoms with Crippen LogP contribution in [0, 0.1) is 0 Å². The van der Waals surface area contributed by atoms with Gasteiger partial charge in [-0.25, -0.2) is 0 Å². The summed E-state index contributed by atoms with van der Waals surface area (Å²) >= 11 is 13.2. The molecular weight excluding hydrogens is 469 g/mol. The summed E-state index contributed by atoms with van der Waals surface area (Å²) in [5.74, 6) is 0.199. The number of benzene rings is 2. The van der Waals surface area contributed by atoms with Crippen LogP contribution < -0.4 is 10.6 Å². The van der Waals surface area contributed by atoms with Crippen LogP contribution in [0.5, 0.6) is 0 Å². The van der Waals surface area contributed by atoms with Crippen LogP contribution in [0.2, 0.25) is 10.0 Å². The predicted octanol–water partition coefficient (Wildman–Crippen LogP) is 4.99. The number of carbonyl (C=O) groups is 2. The lowest BCUT2D eigenvalue weighted by atomic mass is 10.2. The van der Waals surface area contributed by atoms with Gasteiger partial charge in [-0.1, -0.05) is 53.2 Å². The maximum absolute atomic E-state index is 12.5. The molecule has 10 heteroatoms. The van der Waals surface area contributed by atoms with E-state index < -0.39 is 6.04 Å². The van der Waals surface area contributed by atoms with Crippen LogP contribution in [0.3, 0.4) is 0 Å². The van der Waals surface area contributed by atoms with Crippen molar-refractivity contribution < 1.29 is 9.59 Å². The van der Waals surface area contributed by atoms with E-state index in [1.54, 1.807) is 54.6 Å². The average Bonchev–Trinajstić information content (AvgIpc) is 3.17. The standard InChI is InChI=1S/C22H21Cl2N5O2S/c1-3-12-29-20(14(2)25-21(31)15-8-10-16(23)11-9-15)27-28-22(29)32-13-19(30)26-18-7-5-4-6-17(18)24/h3-11,14H,1,12-13H2,2H3,(H,25,31)(H,26,30)/t14-/m1/s1. The van der Waals surface area contributed by atoms with Crippen LogP contribution in [0.4, 0.5) is 5.69 Å². The van der Waals surface area contributed by atoms with Crippen LogP contribution in [-0.2, 0) is 11.3 Å². The number of carbonyl (C=O) groups excluding carboxylic acids is 2. The number of rotatable bonds is 9. The molecule has 0 aliphatic carbocycles. The van der Waals surface area contributed by atoms with E-state index in [9.17, 15) is 9.59 Å². The normalized spacial score (nSPS) is 11.6. The highest BCUT2D eigenvalue weighted by Crippen LogP contribution is 2.23. The number of thioether (sulfide) groups is 1. The molecule has 3 rings (SSSR count). The summed E-state index contributed by atoms with van der Waals surface area (Å²) in [4.78, 5) is 24.9. The predicted molar refractivity (Wildman–Crippen MR) is 128 cm³/mol. The molecule has 0 aliphatic rings. The number of anilines is 1. The lowest BCUT2D eigenvalue weighted by Gasteiger charge is -2.15. The zero-order chi connectivity index (χ0) is 23.1. The van der Waals surface area contributed by atoms with Gasteiger partial charge in [0.1, 0.15) is 0 Å². The molecular formula is C22H21Cl2N5O2S. The topological polar surface area (TPSA) is 88.9 Å². The van der Waals surface area contributed by atoms with Crippen LogP contribution in [-0.4, -0.2) is 32.3 Å². The molecule has 1 atom stereocenters. The Labute approximate surface area is 200 Å². The van der Waals surface area contributed by atoms with E-state index in [2.05, 4.69) is 27.4 Å². The van der Waals surface area contributed by atoms with Crippen molar-refractivity contribution in [1.82, 2.24) is 20.1 Å². The monoisotopic (exact) mass is 489 g/mol. The van der Waals surface area contributed by atoms with E-state index in [1.807, 2.05) is 11.5 Å². The fraction of sp³-hybridized carbons (Fsp3) is 0.182. The Kier molecular flexibility index (Phi) is 8.33. The van der Waals surface area contributed by atoms with E-state index in [4.69, 9.17) is 23.2 Å². The first kappa shape index (κ1) is 23.8. The SMILES string of the molecule is C=CCn1c(SCC(=O)Nc2ccccc2Cl)nnc1[C@@H](C)NC(=O)c1ccc(Cl)cc1. The molecule has 2 aromatic carbocycles. The molecule has 2 N–H and O–H groups in total. The van der Waals surface area contributed by atoms with Crippen molar-refractivity contribution in [2.24, 2.45) is 0 Å². The lowest BCUT2D eigenvalue weighted by molar-refractivity contribution is -0.113. The Morgan fingerprint density at radius 1 is 1.16 bits per heavy atom. The molecule has 0 fully saturated rings. The summed E-state index contributed by atoms with van der Waals surface area (Å²) < 4.78 is 1.81. The van der Waals surface area contributed by atoms with Crippen molar-refractivity contribution in [3.63, 3.8) is 0 Å². The molecule has 0 aliphatic heterocycles. The third kappa shape index (κ3) is 6.12. The molecule has 1 aromatic heterocycles. The minimum absolute atomic E-state index is 0.117. The van der Waals surface area contributed by atoms with E-state index in [1.165, 1.54) is 11.8 Å². The van der Waals surface area contributed by atoms with Gasteiger partial charge in [-0.3, -0.25) is 9.59 Å². The summed E-state index contributed by atoms with van der Waals surface area (Å²) in [5.41, 5.74) is 1.04. The number of allylic oxidation sites excluding steroid dienone is 1. The average molecular weight is 490 g/mol. The molecule has 0 spiro atoms. The Bertz CT molecular complexity index is 1120. The second-order valence-electron chi connectivity index (χ2n) is 6.76. The van der Waals surface area contributed by atoms with Gasteiger partial charge in [0.15, 0.2) is 11.0 Å². The molecule has 0 saturated carbocycles. The highest BCUT2D eigenvalue weighted by Gasteiger charge is 2.20. The number of hydrogen-bond acceptors (Lipinski definition) is 5. The minimum Gasteiger partial charge on any atom is -0.342 e. The zero-order valence-electron chi connectivity index (χ0n) is 17.2. The summed E-state index contributed by atoms with van der Waals surface area (Å²) in [6.45, 7) is 6.02. The maximum Gasteiger partial charge on any atom is 0.251 e. The van der Waals surface area contributed by atoms with Crippen molar-refractivity contribution in [2.45, 2.75) is 24.7 Å². The van der Waals surface area contributed by atoms with Crippen molar-refractivity contribution in [3.8, 4) is 0 Å². The Hall–Kier alpha value is -2.81. The zero-order valence-corrected chi connectivity index (χ0v) is 19.5. The number of aromatic nitrogens is 3.